The second kappa shape index (κ2) is 4.74. The molecule has 0 saturated carbocycles. The van der Waals surface area contributed by atoms with Crippen LogP contribution in [0.25, 0.3) is 10.9 Å². The Kier molecular flexibility index (Phi) is 3.15. The van der Waals surface area contributed by atoms with E-state index in [4.69, 9.17) is 10.00 Å². The Morgan fingerprint density at radius 1 is 1.35 bits per heavy atom. The monoisotopic (exact) mass is 234 g/mol. The molecule has 1 aromatic heterocycles. The first-order chi connectivity index (χ1) is 8.20. The molecule has 0 N–H and O–H groups in total. The van der Waals surface area contributed by atoms with E-state index in [9.17, 15) is 8.78 Å². The van der Waals surface area contributed by atoms with Gasteiger partial charge in [-0.25, -0.2) is 13.8 Å². The molecule has 0 amide bonds. The van der Waals surface area contributed by atoms with Crippen molar-refractivity contribution in [3.05, 3.63) is 35.9 Å². The highest BCUT2D eigenvalue weighted by molar-refractivity contribution is 5.80. The zero-order valence-electron chi connectivity index (χ0n) is 8.73. The van der Waals surface area contributed by atoms with E-state index in [1.807, 2.05) is 12.1 Å². The number of nitrogens with zero attached hydrogens (tertiary/aromatic N) is 2. The van der Waals surface area contributed by atoms with Crippen LogP contribution in [-0.4, -0.2) is 18.0 Å². The van der Waals surface area contributed by atoms with Crippen molar-refractivity contribution in [2.45, 2.75) is 6.43 Å². The number of halogens is 2. The fraction of sp³-hybridized carbons (Fsp3) is 0.167. The zero-order valence-corrected chi connectivity index (χ0v) is 8.73. The summed E-state index contributed by atoms with van der Waals surface area (Å²) < 4.78 is 28.9. The van der Waals surface area contributed by atoms with Crippen molar-refractivity contribution in [2.75, 3.05) is 6.61 Å². The normalized spacial score (nSPS) is 10.5. The Labute approximate surface area is 96.3 Å². The van der Waals surface area contributed by atoms with E-state index in [0.717, 1.165) is 5.39 Å². The van der Waals surface area contributed by atoms with E-state index in [1.165, 1.54) is 0 Å². The number of benzene rings is 1. The Hall–Kier alpha value is -2.22. The van der Waals surface area contributed by atoms with Crippen molar-refractivity contribution in [1.29, 1.82) is 5.26 Å². The fourth-order valence-corrected chi connectivity index (χ4v) is 1.43. The molecule has 1 aromatic carbocycles. The van der Waals surface area contributed by atoms with Gasteiger partial charge in [-0.2, -0.15) is 5.26 Å². The van der Waals surface area contributed by atoms with Crippen LogP contribution in [0.15, 0.2) is 30.3 Å². The maximum Gasteiger partial charge on any atom is 0.272 e. The molecule has 2 aromatic rings. The molecule has 0 aliphatic heterocycles. The van der Waals surface area contributed by atoms with Gasteiger partial charge in [0.2, 0.25) is 5.88 Å². The number of fused-ring (bicyclic) bond motifs is 1. The molecule has 1 heterocycles. The van der Waals surface area contributed by atoms with Crippen molar-refractivity contribution in [3.8, 4) is 11.9 Å². The van der Waals surface area contributed by atoms with Gasteiger partial charge >= 0.3 is 0 Å². The third-order valence-corrected chi connectivity index (χ3v) is 2.16. The summed E-state index contributed by atoms with van der Waals surface area (Å²) in [5.74, 6) is -0.0495. The van der Waals surface area contributed by atoms with E-state index >= 15 is 0 Å². The van der Waals surface area contributed by atoms with Gasteiger partial charge in [0.05, 0.1) is 5.52 Å². The SMILES string of the molecule is N#Cc1cc2ccccc2nc1OCC(F)F. The number of alkyl halides is 2. The summed E-state index contributed by atoms with van der Waals surface area (Å²) in [6.07, 6.45) is -2.59. The predicted octanol–water partition coefficient (Wildman–Crippen LogP) is 2.75. The highest BCUT2D eigenvalue weighted by Gasteiger charge is 2.10. The molecular formula is C12H8F2N2O. The van der Waals surface area contributed by atoms with Crippen LogP contribution in [0.1, 0.15) is 5.56 Å². The van der Waals surface area contributed by atoms with Gasteiger partial charge in [-0.15, -0.1) is 0 Å². The van der Waals surface area contributed by atoms with Crippen molar-refractivity contribution in [1.82, 2.24) is 4.98 Å². The Morgan fingerprint density at radius 3 is 2.82 bits per heavy atom. The first-order valence-corrected chi connectivity index (χ1v) is 4.91. The van der Waals surface area contributed by atoms with E-state index in [-0.39, 0.29) is 11.4 Å². The summed E-state index contributed by atoms with van der Waals surface area (Å²) in [7, 11) is 0. The number of hydrogen-bond acceptors (Lipinski definition) is 3. The van der Waals surface area contributed by atoms with Gasteiger partial charge in [-0.3, -0.25) is 0 Å². The van der Waals surface area contributed by atoms with Crippen LogP contribution in [0.5, 0.6) is 5.88 Å². The molecule has 0 bridgehead atoms. The third kappa shape index (κ3) is 2.48. The van der Waals surface area contributed by atoms with E-state index in [2.05, 4.69) is 4.98 Å². The smallest absolute Gasteiger partial charge is 0.272 e. The minimum Gasteiger partial charge on any atom is -0.471 e. The summed E-state index contributed by atoms with van der Waals surface area (Å²) in [6.45, 7) is -0.764. The molecule has 0 aliphatic rings. The van der Waals surface area contributed by atoms with Crippen LogP contribution >= 0.6 is 0 Å². The van der Waals surface area contributed by atoms with E-state index in [0.29, 0.717) is 5.52 Å². The van der Waals surface area contributed by atoms with Crippen LogP contribution in [0.2, 0.25) is 0 Å². The van der Waals surface area contributed by atoms with Gasteiger partial charge in [-0.1, -0.05) is 18.2 Å². The first kappa shape index (κ1) is 11.3. The second-order valence-corrected chi connectivity index (χ2v) is 3.35. The lowest BCUT2D eigenvalue weighted by Gasteiger charge is -2.07. The standard InChI is InChI=1S/C12H8F2N2O/c13-11(14)7-17-12-9(6-15)5-8-3-1-2-4-10(8)16-12/h1-5,11H,7H2. The number of aromatic nitrogens is 1. The lowest BCUT2D eigenvalue weighted by Crippen LogP contribution is -2.09. The molecule has 3 nitrogen and oxygen atoms in total. The summed E-state index contributed by atoms with van der Waals surface area (Å²) in [5.41, 5.74) is 0.764. The molecule has 0 atom stereocenters. The Bertz CT molecular complexity index is 578. The van der Waals surface area contributed by atoms with Crippen LogP contribution < -0.4 is 4.74 Å². The molecule has 0 spiro atoms. The summed E-state index contributed by atoms with van der Waals surface area (Å²) in [6, 6.07) is 10.6. The quantitative estimate of drug-likeness (QED) is 0.820. The van der Waals surface area contributed by atoms with E-state index < -0.39 is 13.0 Å². The Balaban J connectivity index is 2.43. The van der Waals surface area contributed by atoms with Crippen LogP contribution in [0, 0.1) is 11.3 Å². The highest BCUT2D eigenvalue weighted by Crippen LogP contribution is 2.21. The minimum atomic E-state index is -2.59. The number of ether oxygens (including phenoxy) is 1. The van der Waals surface area contributed by atoms with Gasteiger partial charge in [0, 0.05) is 5.39 Å². The summed E-state index contributed by atoms with van der Waals surface area (Å²) >= 11 is 0. The molecule has 0 saturated heterocycles. The summed E-state index contributed by atoms with van der Waals surface area (Å²) in [5, 5.41) is 9.66. The van der Waals surface area contributed by atoms with Crippen molar-refractivity contribution in [2.24, 2.45) is 0 Å². The maximum atomic E-state index is 12.0. The highest BCUT2D eigenvalue weighted by atomic mass is 19.3. The van der Waals surface area contributed by atoms with Crippen molar-refractivity contribution >= 4 is 10.9 Å². The van der Waals surface area contributed by atoms with Gasteiger partial charge in [0.15, 0.2) is 6.61 Å². The molecule has 0 aliphatic carbocycles. The van der Waals surface area contributed by atoms with E-state index in [1.54, 1.807) is 24.3 Å². The van der Waals surface area contributed by atoms with Crippen LogP contribution in [0.4, 0.5) is 8.78 Å². The second-order valence-electron chi connectivity index (χ2n) is 3.35. The van der Waals surface area contributed by atoms with Gasteiger partial charge in [0.1, 0.15) is 11.6 Å². The molecule has 0 unspecified atom stereocenters. The molecule has 86 valence electrons. The number of para-hydroxylation sites is 1. The Morgan fingerprint density at radius 2 is 2.12 bits per heavy atom. The number of hydrogen-bond donors (Lipinski definition) is 0. The lowest BCUT2D eigenvalue weighted by atomic mass is 10.1. The number of nitriles is 1. The van der Waals surface area contributed by atoms with Crippen LogP contribution in [0.3, 0.4) is 0 Å². The van der Waals surface area contributed by atoms with Crippen molar-refractivity contribution < 1.29 is 13.5 Å². The third-order valence-electron chi connectivity index (χ3n) is 2.16. The van der Waals surface area contributed by atoms with Gasteiger partial charge in [0.25, 0.3) is 6.43 Å². The fourth-order valence-electron chi connectivity index (χ4n) is 1.43. The number of pyridine rings is 1. The molecule has 2 rings (SSSR count). The minimum absolute atomic E-state index is 0.0495. The lowest BCUT2D eigenvalue weighted by molar-refractivity contribution is 0.0796. The number of rotatable bonds is 3. The largest absolute Gasteiger partial charge is 0.471 e. The van der Waals surface area contributed by atoms with Gasteiger partial charge < -0.3 is 4.74 Å². The topological polar surface area (TPSA) is 45.9 Å². The summed E-state index contributed by atoms with van der Waals surface area (Å²) in [4.78, 5) is 4.04. The molecule has 17 heavy (non-hydrogen) atoms. The first-order valence-electron chi connectivity index (χ1n) is 4.91. The molecule has 0 radical (unpaired) electrons. The molecule has 5 heteroatoms. The molecule has 0 fully saturated rings. The average Bonchev–Trinajstić information content (AvgIpc) is 2.35. The maximum absolute atomic E-state index is 12.0. The van der Waals surface area contributed by atoms with Crippen molar-refractivity contribution in [3.63, 3.8) is 0 Å². The molecular weight excluding hydrogens is 226 g/mol. The van der Waals surface area contributed by atoms with Gasteiger partial charge in [-0.05, 0) is 12.1 Å². The average molecular weight is 234 g/mol. The zero-order chi connectivity index (χ0) is 12.3. The predicted molar refractivity (Wildman–Crippen MR) is 58.0 cm³/mol. The van der Waals surface area contributed by atoms with Crippen LogP contribution in [-0.2, 0) is 0 Å².